The van der Waals surface area contributed by atoms with Gasteiger partial charge in [0.15, 0.2) is 0 Å². The van der Waals surface area contributed by atoms with Gasteiger partial charge in [0.1, 0.15) is 5.56 Å². The Balaban J connectivity index is 2.32. The van der Waals surface area contributed by atoms with Gasteiger partial charge in [-0.25, -0.2) is 4.79 Å². The number of carboxylic acids is 1. The molecule has 0 saturated heterocycles. The molecule has 2 aromatic rings. The second-order valence-electron chi connectivity index (χ2n) is 3.56. The van der Waals surface area contributed by atoms with Gasteiger partial charge in [-0.1, -0.05) is 30.3 Å². The molecule has 1 aromatic heterocycles. The monoisotopic (exact) mass is 230 g/mol. The Hall–Kier alpha value is -2.43. The molecule has 1 aromatic carbocycles. The Morgan fingerprint density at radius 3 is 2.65 bits per heavy atom. The standard InChI is InChI=1S/C12H10N2O3/c15-11-10(12(16)17)7-14(8-13-11)6-9-4-2-1-3-5-9/h1-5,7-8H,6H2,(H,16,17). The lowest BCUT2D eigenvalue weighted by molar-refractivity contribution is 0.0694. The van der Waals surface area contributed by atoms with Gasteiger partial charge >= 0.3 is 5.97 Å². The van der Waals surface area contributed by atoms with Gasteiger partial charge in [0.05, 0.1) is 6.33 Å². The molecule has 0 amide bonds. The van der Waals surface area contributed by atoms with Crippen molar-refractivity contribution in [2.75, 3.05) is 0 Å². The summed E-state index contributed by atoms with van der Waals surface area (Å²) in [6.07, 6.45) is 2.63. The van der Waals surface area contributed by atoms with Crippen LogP contribution in [0.15, 0.2) is 47.7 Å². The SMILES string of the molecule is O=C(O)c1cn(Cc2ccccc2)cnc1=O. The van der Waals surface area contributed by atoms with Gasteiger partial charge in [0, 0.05) is 12.7 Å². The average molecular weight is 230 g/mol. The molecule has 0 atom stereocenters. The molecule has 0 aliphatic carbocycles. The molecule has 0 saturated carbocycles. The molecular weight excluding hydrogens is 220 g/mol. The van der Waals surface area contributed by atoms with Crippen molar-refractivity contribution in [2.24, 2.45) is 0 Å². The van der Waals surface area contributed by atoms with Crippen LogP contribution >= 0.6 is 0 Å². The van der Waals surface area contributed by atoms with E-state index in [0.717, 1.165) is 5.56 Å². The van der Waals surface area contributed by atoms with Gasteiger partial charge in [-0.15, -0.1) is 0 Å². The second-order valence-corrected chi connectivity index (χ2v) is 3.56. The van der Waals surface area contributed by atoms with Crippen LogP contribution in [0.25, 0.3) is 0 Å². The van der Waals surface area contributed by atoms with E-state index in [0.29, 0.717) is 6.54 Å². The number of benzene rings is 1. The summed E-state index contributed by atoms with van der Waals surface area (Å²) in [6.45, 7) is 0.481. The number of aromatic carboxylic acids is 1. The zero-order valence-corrected chi connectivity index (χ0v) is 8.91. The number of hydrogen-bond acceptors (Lipinski definition) is 3. The summed E-state index contributed by atoms with van der Waals surface area (Å²) in [5.41, 5.74) is -0.0282. The third-order valence-electron chi connectivity index (χ3n) is 2.29. The molecule has 0 aliphatic heterocycles. The highest BCUT2D eigenvalue weighted by molar-refractivity contribution is 5.86. The smallest absolute Gasteiger partial charge is 0.342 e. The minimum Gasteiger partial charge on any atom is -0.477 e. The number of aromatic nitrogens is 2. The summed E-state index contributed by atoms with van der Waals surface area (Å²) < 4.78 is 1.57. The largest absolute Gasteiger partial charge is 0.477 e. The number of rotatable bonds is 3. The lowest BCUT2D eigenvalue weighted by atomic mass is 10.2. The van der Waals surface area contributed by atoms with Crippen LogP contribution in [0.1, 0.15) is 15.9 Å². The van der Waals surface area contributed by atoms with Crippen molar-refractivity contribution in [1.29, 1.82) is 0 Å². The molecule has 0 spiro atoms. The first-order valence-electron chi connectivity index (χ1n) is 5.00. The average Bonchev–Trinajstić information content (AvgIpc) is 2.32. The molecule has 86 valence electrons. The van der Waals surface area contributed by atoms with Gasteiger partial charge < -0.3 is 9.67 Å². The van der Waals surface area contributed by atoms with Crippen molar-refractivity contribution >= 4 is 5.97 Å². The molecule has 0 aliphatic rings. The van der Waals surface area contributed by atoms with Gasteiger partial charge in [0.25, 0.3) is 5.56 Å². The Morgan fingerprint density at radius 1 is 1.29 bits per heavy atom. The first-order chi connectivity index (χ1) is 8.16. The summed E-state index contributed by atoms with van der Waals surface area (Å²) in [6, 6.07) is 9.51. The van der Waals surface area contributed by atoms with Crippen molar-refractivity contribution in [3.63, 3.8) is 0 Å². The van der Waals surface area contributed by atoms with Crippen molar-refractivity contribution in [1.82, 2.24) is 9.55 Å². The van der Waals surface area contributed by atoms with E-state index in [9.17, 15) is 9.59 Å². The van der Waals surface area contributed by atoms with E-state index < -0.39 is 11.5 Å². The van der Waals surface area contributed by atoms with Gasteiger partial charge in [-0.3, -0.25) is 4.79 Å². The zero-order chi connectivity index (χ0) is 12.3. The van der Waals surface area contributed by atoms with Crippen molar-refractivity contribution in [2.45, 2.75) is 6.54 Å². The van der Waals surface area contributed by atoms with Crippen LogP contribution < -0.4 is 5.56 Å². The Bertz CT molecular complexity index is 590. The maximum absolute atomic E-state index is 11.2. The number of hydrogen-bond donors (Lipinski definition) is 1. The fourth-order valence-electron chi connectivity index (χ4n) is 1.48. The minimum atomic E-state index is -1.26. The fourth-order valence-corrected chi connectivity index (χ4v) is 1.48. The molecule has 5 heteroatoms. The third kappa shape index (κ3) is 2.57. The van der Waals surface area contributed by atoms with Crippen LogP contribution in [-0.2, 0) is 6.54 Å². The van der Waals surface area contributed by atoms with E-state index >= 15 is 0 Å². The van der Waals surface area contributed by atoms with Crippen molar-refractivity contribution in [3.8, 4) is 0 Å². The topological polar surface area (TPSA) is 72.2 Å². The van der Waals surface area contributed by atoms with E-state index in [1.165, 1.54) is 12.5 Å². The zero-order valence-electron chi connectivity index (χ0n) is 8.91. The number of nitrogens with zero attached hydrogens (tertiary/aromatic N) is 2. The molecule has 1 N–H and O–H groups in total. The molecular formula is C12H10N2O3. The van der Waals surface area contributed by atoms with Crippen LogP contribution in [0.5, 0.6) is 0 Å². The first kappa shape index (κ1) is 11.1. The molecule has 0 bridgehead atoms. The van der Waals surface area contributed by atoms with Gasteiger partial charge in [0.2, 0.25) is 0 Å². The maximum Gasteiger partial charge on any atom is 0.342 e. The lowest BCUT2D eigenvalue weighted by Crippen LogP contribution is -2.20. The van der Waals surface area contributed by atoms with Crippen LogP contribution in [-0.4, -0.2) is 20.6 Å². The molecule has 0 unspecified atom stereocenters. The fraction of sp³-hybridized carbons (Fsp3) is 0.0833. The quantitative estimate of drug-likeness (QED) is 0.853. The van der Waals surface area contributed by atoms with Crippen molar-refractivity contribution < 1.29 is 9.90 Å². The Kier molecular flexibility index (Phi) is 3.00. The predicted molar refractivity (Wildman–Crippen MR) is 61.0 cm³/mol. The molecule has 0 fully saturated rings. The molecule has 1 heterocycles. The number of carbonyl (C=O) groups is 1. The van der Waals surface area contributed by atoms with E-state index in [2.05, 4.69) is 4.98 Å². The van der Waals surface area contributed by atoms with Crippen LogP contribution in [0.3, 0.4) is 0 Å². The number of carboxylic acid groups (broad SMARTS) is 1. The Morgan fingerprint density at radius 2 is 2.00 bits per heavy atom. The van der Waals surface area contributed by atoms with E-state index in [-0.39, 0.29) is 5.56 Å². The normalized spacial score (nSPS) is 10.1. The summed E-state index contributed by atoms with van der Waals surface area (Å²) >= 11 is 0. The molecule has 17 heavy (non-hydrogen) atoms. The Labute approximate surface area is 97.0 Å². The van der Waals surface area contributed by atoms with E-state index in [4.69, 9.17) is 5.11 Å². The van der Waals surface area contributed by atoms with Crippen LogP contribution in [0.2, 0.25) is 0 Å². The van der Waals surface area contributed by atoms with Crippen molar-refractivity contribution in [3.05, 3.63) is 64.3 Å². The molecule has 2 rings (SSSR count). The van der Waals surface area contributed by atoms with Gasteiger partial charge in [-0.2, -0.15) is 4.98 Å². The highest BCUT2D eigenvalue weighted by atomic mass is 16.4. The third-order valence-corrected chi connectivity index (χ3v) is 2.29. The maximum atomic E-state index is 11.2. The first-order valence-corrected chi connectivity index (χ1v) is 5.00. The second kappa shape index (κ2) is 4.61. The van der Waals surface area contributed by atoms with E-state index in [1.807, 2.05) is 30.3 Å². The summed E-state index contributed by atoms with van der Waals surface area (Å²) in [4.78, 5) is 25.5. The summed E-state index contributed by atoms with van der Waals surface area (Å²) in [5.74, 6) is -1.26. The summed E-state index contributed by atoms with van der Waals surface area (Å²) in [5, 5.41) is 8.80. The minimum absolute atomic E-state index is 0.316. The predicted octanol–water partition coefficient (Wildman–Crippen LogP) is 0.990. The van der Waals surface area contributed by atoms with Crippen LogP contribution in [0.4, 0.5) is 0 Å². The lowest BCUT2D eigenvalue weighted by Gasteiger charge is -2.06. The highest BCUT2D eigenvalue weighted by Gasteiger charge is 2.09. The summed E-state index contributed by atoms with van der Waals surface area (Å²) in [7, 11) is 0. The molecule has 5 nitrogen and oxygen atoms in total. The van der Waals surface area contributed by atoms with Crippen LogP contribution in [0, 0.1) is 0 Å². The molecule has 0 radical (unpaired) electrons. The van der Waals surface area contributed by atoms with E-state index in [1.54, 1.807) is 4.57 Å². The highest BCUT2D eigenvalue weighted by Crippen LogP contribution is 2.01. The van der Waals surface area contributed by atoms with Gasteiger partial charge in [-0.05, 0) is 5.56 Å².